The molecule has 1 aromatic carbocycles. The zero-order valence-electron chi connectivity index (χ0n) is 13.9. The third-order valence-electron chi connectivity index (χ3n) is 4.62. The lowest BCUT2D eigenvalue weighted by Crippen LogP contribution is -2.51. The van der Waals surface area contributed by atoms with Crippen molar-refractivity contribution in [1.82, 2.24) is 9.80 Å². The van der Waals surface area contributed by atoms with E-state index in [-0.39, 0.29) is 11.8 Å². The van der Waals surface area contributed by atoms with Crippen LogP contribution in [0, 0.1) is 0 Å². The molecular weight excluding hydrogens is 335 g/mol. The summed E-state index contributed by atoms with van der Waals surface area (Å²) < 4.78 is 44.6. The number of nitrogens with one attached hydrogen (secondary N) is 1. The molecule has 5 nitrogen and oxygen atoms in total. The number of benzene rings is 1. The first-order valence-corrected chi connectivity index (χ1v) is 8.49. The van der Waals surface area contributed by atoms with Crippen molar-refractivity contribution in [3.8, 4) is 0 Å². The van der Waals surface area contributed by atoms with Gasteiger partial charge in [0.25, 0.3) is 0 Å². The summed E-state index contributed by atoms with van der Waals surface area (Å²) in [5.41, 5.74) is -1.04. The lowest BCUT2D eigenvalue weighted by atomic mass is 10.1. The molecule has 1 aromatic rings. The molecule has 0 aromatic heterocycles. The average molecular weight is 357 g/mol. The van der Waals surface area contributed by atoms with Crippen LogP contribution in [0.5, 0.6) is 0 Å². The molecule has 2 aliphatic heterocycles. The fraction of sp³-hybridized carbons (Fsp3) is 0.588. The molecule has 0 radical (unpaired) electrons. The third-order valence-corrected chi connectivity index (χ3v) is 4.62. The van der Waals surface area contributed by atoms with E-state index < -0.39 is 17.8 Å². The molecule has 138 valence electrons. The van der Waals surface area contributed by atoms with Crippen molar-refractivity contribution in [2.24, 2.45) is 0 Å². The minimum atomic E-state index is -4.50. The second kappa shape index (κ2) is 7.61. The molecule has 2 saturated heterocycles. The lowest BCUT2D eigenvalue weighted by Gasteiger charge is -2.35. The standard InChI is InChI=1S/C17H22F3N3O2/c18-17(19,20)14-5-1-2-6-15(14)21-16(24)23-9-7-22(8-10-23)12-13-4-3-11-25-13/h1-2,5-6,13H,3-4,7-12H2,(H,21,24). The van der Waals surface area contributed by atoms with Crippen LogP contribution in [0.3, 0.4) is 0 Å². The highest BCUT2D eigenvalue weighted by molar-refractivity contribution is 5.90. The third kappa shape index (κ3) is 4.64. The van der Waals surface area contributed by atoms with Crippen LogP contribution in [-0.4, -0.2) is 61.3 Å². The Kier molecular flexibility index (Phi) is 5.48. The molecule has 25 heavy (non-hydrogen) atoms. The Morgan fingerprint density at radius 1 is 1.20 bits per heavy atom. The summed E-state index contributed by atoms with van der Waals surface area (Å²) in [6.45, 7) is 4.06. The quantitative estimate of drug-likeness (QED) is 0.904. The van der Waals surface area contributed by atoms with Crippen molar-refractivity contribution in [2.75, 3.05) is 44.6 Å². The molecule has 1 atom stereocenters. The Labute approximate surface area is 144 Å². The summed E-state index contributed by atoms with van der Waals surface area (Å²) in [6.07, 6.45) is -2.08. The highest BCUT2D eigenvalue weighted by Crippen LogP contribution is 2.34. The first-order chi connectivity index (χ1) is 11.9. The summed E-state index contributed by atoms with van der Waals surface area (Å²) in [4.78, 5) is 16.1. The molecule has 2 amide bonds. The van der Waals surface area contributed by atoms with Gasteiger partial charge < -0.3 is 15.0 Å². The van der Waals surface area contributed by atoms with Crippen molar-refractivity contribution in [1.29, 1.82) is 0 Å². The van der Waals surface area contributed by atoms with Crippen LogP contribution >= 0.6 is 0 Å². The van der Waals surface area contributed by atoms with Gasteiger partial charge in [0, 0.05) is 39.3 Å². The monoisotopic (exact) mass is 357 g/mol. The molecular formula is C17H22F3N3O2. The van der Waals surface area contributed by atoms with E-state index in [9.17, 15) is 18.0 Å². The Bertz CT molecular complexity index is 595. The molecule has 0 spiro atoms. The molecule has 2 aliphatic rings. The van der Waals surface area contributed by atoms with Gasteiger partial charge in [-0.3, -0.25) is 4.90 Å². The van der Waals surface area contributed by atoms with E-state index in [4.69, 9.17) is 4.74 Å². The fourth-order valence-corrected chi connectivity index (χ4v) is 3.24. The maximum absolute atomic E-state index is 13.0. The number of anilines is 1. The van der Waals surface area contributed by atoms with Gasteiger partial charge in [0.05, 0.1) is 17.4 Å². The molecule has 0 aliphatic carbocycles. The maximum Gasteiger partial charge on any atom is 0.418 e. The van der Waals surface area contributed by atoms with Crippen molar-refractivity contribution in [3.05, 3.63) is 29.8 Å². The number of ether oxygens (including phenoxy) is 1. The number of carbonyl (C=O) groups excluding carboxylic acids is 1. The highest BCUT2D eigenvalue weighted by atomic mass is 19.4. The van der Waals surface area contributed by atoms with Gasteiger partial charge in [-0.25, -0.2) is 4.79 Å². The van der Waals surface area contributed by atoms with Gasteiger partial charge in [-0.1, -0.05) is 12.1 Å². The Balaban J connectivity index is 1.53. The van der Waals surface area contributed by atoms with Gasteiger partial charge in [0.1, 0.15) is 0 Å². The molecule has 0 saturated carbocycles. The molecule has 2 fully saturated rings. The number of amides is 2. The number of nitrogens with zero attached hydrogens (tertiary/aromatic N) is 2. The number of carbonyl (C=O) groups is 1. The summed E-state index contributed by atoms with van der Waals surface area (Å²) in [5.74, 6) is 0. The number of hydrogen-bond donors (Lipinski definition) is 1. The number of halogens is 3. The van der Waals surface area contributed by atoms with E-state index in [0.717, 1.165) is 32.1 Å². The van der Waals surface area contributed by atoms with Gasteiger partial charge in [-0.2, -0.15) is 13.2 Å². The van der Waals surface area contributed by atoms with Crippen molar-refractivity contribution in [3.63, 3.8) is 0 Å². The number of piperazine rings is 1. The minimum absolute atomic E-state index is 0.207. The van der Waals surface area contributed by atoms with E-state index >= 15 is 0 Å². The second-order valence-corrected chi connectivity index (χ2v) is 6.40. The van der Waals surface area contributed by atoms with Crippen molar-refractivity contribution in [2.45, 2.75) is 25.1 Å². The maximum atomic E-state index is 13.0. The molecule has 8 heteroatoms. The van der Waals surface area contributed by atoms with Gasteiger partial charge >= 0.3 is 12.2 Å². The van der Waals surface area contributed by atoms with Crippen LogP contribution < -0.4 is 5.32 Å². The molecule has 0 bridgehead atoms. The van der Waals surface area contributed by atoms with Crippen LogP contribution in [-0.2, 0) is 10.9 Å². The lowest BCUT2D eigenvalue weighted by molar-refractivity contribution is -0.136. The minimum Gasteiger partial charge on any atom is -0.377 e. The van der Waals surface area contributed by atoms with Crippen molar-refractivity contribution >= 4 is 11.7 Å². The predicted molar refractivity (Wildman–Crippen MR) is 87.4 cm³/mol. The molecule has 2 heterocycles. The molecule has 1 unspecified atom stereocenters. The summed E-state index contributed by atoms with van der Waals surface area (Å²) in [7, 11) is 0. The van der Waals surface area contributed by atoms with Crippen molar-refractivity contribution < 1.29 is 22.7 Å². The van der Waals surface area contributed by atoms with E-state index in [1.807, 2.05) is 0 Å². The van der Waals surface area contributed by atoms with Crippen LogP contribution in [0.15, 0.2) is 24.3 Å². The summed E-state index contributed by atoms with van der Waals surface area (Å²) in [6, 6.07) is 4.53. The average Bonchev–Trinajstić information content (AvgIpc) is 3.08. The topological polar surface area (TPSA) is 44.8 Å². The SMILES string of the molecule is O=C(Nc1ccccc1C(F)(F)F)N1CCN(CC2CCCO2)CC1. The number of hydrogen-bond acceptors (Lipinski definition) is 3. The van der Waals surface area contributed by atoms with E-state index in [1.165, 1.54) is 18.2 Å². The first-order valence-electron chi connectivity index (χ1n) is 8.49. The van der Waals surface area contributed by atoms with Gasteiger partial charge in [0.2, 0.25) is 0 Å². The highest BCUT2D eigenvalue weighted by Gasteiger charge is 2.34. The van der Waals surface area contributed by atoms with Gasteiger partial charge in [-0.05, 0) is 25.0 Å². The van der Waals surface area contributed by atoms with E-state index in [0.29, 0.717) is 26.2 Å². The van der Waals surface area contributed by atoms with Gasteiger partial charge in [0.15, 0.2) is 0 Å². The van der Waals surface area contributed by atoms with Crippen LogP contribution in [0.1, 0.15) is 18.4 Å². The fourth-order valence-electron chi connectivity index (χ4n) is 3.24. The molecule has 3 rings (SSSR count). The zero-order chi connectivity index (χ0) is 17.9. The van der Waals surface area contributed by atoms with Crippen LogP contribution in [0.25, 0.3) is 0 Å². The van der Waals surface area contributed by atoms with E-state index in [1.54, 1.807) is 4.90 Å². The predicted octanol–water partition coefficient (Wildman–Crippen LogP) is 3.03. The van der Waals surface area contributed by atoms with Crippen LogP contribution in [0.4, 0.5) is 23.7 Å². The zero-order valence-corrected chi connectivity index (χ0v) is 13.9. The molecule has 1 N–H and O–H groups in total. The normalized spacial score (nSPS) is 22.2. The number of alkyl halides is 3. The number of para-hydroxylation sites is 1. The first kappa shape index (κ1) is 18.0. The Morgan fingerprint density at radius 2 is 1.92 bits per heavy atom. The number of urea groups is 1. The Hall–Kier alpha value is -1.80. The second-order valence-electron chi connectivity index (χ2n) is 6.40. The van der Waals surface area contributed by atoms with Crippen LogP contribution in [0.2, 0.25) is 0 Å². The smallest absolute Gasteiger partial charge is 0.377 e. The largest absolute Gasteiger partial charge is 0.418 e. The summed E-state index contributed by atoms with van der Waals surface area (Å²) in [5, 5.41) is 2.40. The van der Waals surface area contributed by atoms with Gasteiger partial charge in [-0.15, -0.1) is 0 Å². The Morgan fingerprint density at radius 3 is 2.56 bits per heavy atom. The van der Waals surface area contributed by atoms with E-state index in [2.05, 4.69) is 10.2 Å². The summed E-state index contributed by atoms with van der Waals surface area (Å²) >= 11 is 0. The number of rotatable bonds is 3.